The second-order valence-electron chi connectivity index (χ2n) is 11.1. The van der Waals surface area contributed by atoms with E-state index in [2.05, 4.69) is 5.32 Å². The van der Waals surface area contributed by atoms with Crippen molar-refractivity contribution in [1.82, 2.24) is 10.2 Å². The predicted octanol–water partition coefficient (Wildman–Crippen LogP) is 5.38. The lowest BCUT2D eigenvalue weighted by Gasteiger charge is -2.33. The molecule has 0 heterocycles. The molecule has 9 heteroatoms. The Morgan fingerprint density at radius 3 is 2.21 bits per heavy atom. The molecule has 3 aromatic carbocycles. The minimum atomic E-state index is -3.59. The van der Waals surface area contributed by atoms with E-state index < -0.39 is 16.1 Å². The van der Waals surface area contributed by atoms with Crippen molar-refractivity contribution in [3.8, 4) is 0 Å². The van der Waals surface area contributed by atoms with E-state index >= 15 is 0 Å². The highest BCUT2D eigenvalue weighted by atomic mass is 32.2. The lowest BCUT2D eigenvalue weighted by Crippen LogP contribution is -2.52. The monoisotopic (exact) mass is 593 g/mol. The Morgan fingerprint density at radius 1 is 0.929 bits per heavy atom. The Labute approximate surface area is 248 Å². The molecule has 0 unspecified atom stereocenters. The summed E-state index contributed by atoms with van der Waals surface area (Å²) in [6.45, 7) is 2.10. The number of para-hydroxylation sites is 1. The van der Waals surface area contributed by atoms with Gasteiger partial charge < -0.3 is 10.2 Å². The number of rotatable bonds is 13. The third-order valence-electron chi connectivity index (χ3n) is 7.78. The smallest absolute Gasteiger partial charge is 0.243 e. The van der Waals surface area contributed by atoms with Gasteiger partial charge in [-0.25, -0.2) is 12.8 Å². The van der Waals surface area contributed by atoms with Crippen LogP contribution >= 0.6 is 0 Å². The zero-order chi connectivity index (χ0) is 30.1. The summed E-state index contributed by atoms with van der Waals surface area (Å²) in [4.78, 5) is 29.3. The first-order valence-corrected chi connectivity index (χ1v) is 16.4. The van der Waals surface area contributed by atoms with Crippen molar-refractivity contribution in [3.63, 3.8) is 0 Å². The zero-order valence-corrected chi connectivity index (χ0v) is 25.2. The second kappa shape index (κ2) is 14.4. The molecule has 1 N–H and O–H groups in total. The first kappa shape index (κ1) is 31.2. The Kier molecular flexibility index (Phi) is 10.7. The average molecular weight is 594 g/mol. The van der Waals surface area contributed by atoms with Crippen LogP contribution in [-0.2, 0) is 32.6 Å². The molecule has 0 aromatic heterocycles. The molecular formula is C33H40FN3O4S. The fourth-order valence-corrected chi connectivity index (χ4v) is 6.56. The number of aryl methyl sites for hydroxylation is 1. The molecule has 224 valence electrons. The number of hydrogen-bond acceptors (Lipinski definition) is 4. The topological polar surface area (TPSA) is 86.8 Å². The van der Waals surface area contributed by atoms with E-state index in [1.165, 1.54) is 16.4 Å². The Balaban J connectivity index is 1.59. The van der Waals surface area contributed by atoms with Crippen molar-refractivity contribution in [1.29, 1.82) is 0 Å². The molecular weight excluding hydrogens is 553 g/mol. The van der Waals surface area contributed by atoms with E-state index in [0.717, 1.165) is 43.1 Å². The first-order valence-electron chi connectivity index (χ1n) is 14.5. The molecule has 0 spiro atoms. The molecule has 42 heavy (non-hydrogen) atoms. The number of amides is 2. The summed E-state index contributed by atoms with van der Waals surface area (Å²) in [6.07, 6.45) is 5.74. The Hall–Kier alpha value is -3.72. The SMILES string of the molecule is Cc1ccccc1N(CCCC(=O)N(Cc1ccc(F)cc1)[C@H](Cc1ccccc1)C(=O)NC1CCCC1)S(C)(=O)=O. The molecule has 1 saturated carbocycles. The van der Waals surface area contributed by atoms with Gasteiger partial charge in [-0.1, -0.05) is 73.5 Å². The summed E-state index contributed by atoms with van der Waals surface area (Å²) in [7, 11) is -3.59. The number of benzene rings is 3. The average Bonchev–Trinajstić information content (AvgIpc) is 3.47. The van der Waals surface area contributed by atoms with Gasteiger partial charge in [0.05, 0.1) is 11.9 Å². The maximum atomic E-state index is 13.9. The number of carbonyl (C=O) groups excluding carboxylic acids is 2. The van der Waals surface area contributed by atoms with Gasteiger partial charge in [-0.05, 0) is 61.1 Å². The van der Waals surface area contributed by atoms with Crippen LogP contribution in [0.1, 0.15) is 55.2 Å². The minimum Gasteiger partial charge on any atom is -0.352 e. The molecule has 0 radical (unpaired) electrons. The highest BCUT2D eigenvalue weighted by Crippen LogP contribution is 2.24. The van der Waals surface area contributed by atoms with Crippen molar-refractivity contribution >= 4 is 27.5 Å². The number of nitrogens with zero attached hydrogens (tertiary/aromatic N) is 2. The van der Waals surface area contributed by atoms with Crippen molar-refractivity contribution in [2.75, 3.05) is 17.1 Å². The summed E-state index contributed by atoms with van der Waals surface area (Å²) >= 11 is 0. The van der Waals surface area contributed by atoms with Crippen molar-refractivity contribution in [3.05, 3.63) is 101 Å². The van der Waals surface area contributed by atoms with Gasteiger partial charge in [0.15, 0.2) is 0 Å². The number of anilines is 1. The third kappa shape index (κ3) is 8.64. The van der Waals surface area contributed by atoms with Crippen LogP contribution in [0, 0.1) is 12.7 Å². The maximum Gasteiger partial charge on any atom is 0.243 e. The highest BCUT2D eigenvalue weighted by molar-refractivity contribution is 7.92. The fourth-order valence-electron chi connectivity index (χ4n) is 5.53. The number of carbonyl (C=O) groups is 2. The first-order chi connectivity index (χ1) is 20.1. The van der Waals surface area contributed by atoms with Crippen LogP contribution < -0.4 is 9.62 Å². The molecule has 3 aromatic rings. The van der Waals surface area contributed by atoms with Crippen LogP contribution in [0.25, 0.3) is 0 Å². The molecule has 0 bridgehead atoms. The maximum absolute atomic E-state index is 13.9. The van der Waals surface area contributed by atoms with Crippen molar-refractivity contribution in [2.24, 2.45) is 0 Å². The summed E-state index contributed by atoms with van der Waals surface area (Å²) < 4.78 is 40.4. The Bertz CT molecular complexity index is 1440. The van der Waals surface area contributed by atoms with Gasteiger partial charge in [-0.2, -0.15) is 0 Å². The van der Waals surface area contributed by atoms with Gasteiger partial charge >= 0.3 is 0 Å². The van der Waals surface area contributed by atoms with E-state index in [4.69, 9.17) is 0 Å². The third-order valence-corrected chi connectivity index (χ3v) is 8.96. The lowest BCUT2D eigenvalue weighted by molar-refractivity contribution is -0.141. The molecule has 1 atom stereocenters. The van der Waals surface area contributed by atoms with E-state index in [0.29, 0.717) is 17.7 Å². The molecule has 0 saturated heterocycles. The molecule has 0 aliphatic heterocycles. The van der Waals surface area contributed by atoms with E-state index in [1.807, 2.05) is 49.4 Å². The van der Waals surface area contributed by atoms with Gasteiger partial charge in [0.1, 0.15) is 11.9 Å². The summed E-state index contributed by atoms with van der Waals surface area (Å²) in [5.74, 6) is -0.854. The van der Waals surface area contributed by atoms with Gasteiger partial charge in [0.25, 0.3) is 0 Å². The van der Waals surface area contributed by atoms with Gasteiger partial charge in [0.2, 0.25) is 21.8 Å². The van der Waals surface area contributed by atoms with Crippen LogP contribution in [0.5, 0.6) is 0 Å². The highest BCUT2D eigenvalue weighted by Gasteiger charge is 2.32. The number of halogens is 1. The van der Waals surface area contributed by atoms with Crippen molar-refractivity contribution in [2.45, 2.75) is 70.5 Å². The van der Waals surface area contributed by atoms with Gasteiger partial charge in [-0.15, -0.1) is 0 Å². The molecule has 1 aliphatic carbocycles. The number of sulfonamides is 1. The largest absolute Gasteiger partial charge is 0.352 e. The van der Waals surface area contributed by atoms with E-state index in [9.17, 15) is 22.4 Å². The van der Waals surface area contributed by atoms with Crippen molar-refractivity contribution < 1.29 is 22.4 Å². The Morgan fingerprint density at radius 2 is 1.57 bits per heavy atom. The van der Waals surface area contributed by atoms with Gasteiger partial charge in [-0.3, -0.25) is 13.9 Å². The van der Waals surface area contributed by atoms with Crippen LogP contribution in [0.15, 0.2) is 78.9 Å². The fraction of sp³-hybridized carbons (Fsp3) is 0.394. The quantitative estimate of drug-likeness (QED) is 0.288. The van der Waals surface area contributed by atoms with Crippen LogP contribution in [-0.4, -0.2) is 50.0 Å². The van der Waals surface area contributed by atoms with Crippen LogP contribution in [0.2, 0.25) is 0 Å². The summed E-state index contributed by atoms with van der Waals surface area (Å²) in [5.41, 5.74) is 3.02. The van der Waals surface area contributed by atoms with Crippen LogP contribution in [0.4, 0.5) is 10.1 Å². The predicted molar refractivity (Wildman–Crippen MR) is 164 cm³/mol. The standard InChI is InChI=1S/C33H40FN3O4S/c1-25-11-6-9-16-30(25)37(42(2,40)41)22-10-17-32(38)36(24-27-18-20-28(34)21-19-27)31(23-26-12-4-3-5-13-26)33(39)35-29-14-7-8-15-29/h3-6,9,11-13,16,18-21,29,31H,7-8,10,14-15,17,22-24H2,1-2H3,(H,35,39)/t31-/m1/s1. The van der Waals surface area contributed by atoms with E-state index in [-0.39, 0.29) is 49.6 Å². The normalized spacial score (nSPS) is 14.4. The molecule has 1 aliphatic rings. The van der Waals surface area contributed by atoms with Crippen LogP contribution in [0.3, 0.4) is 0 Å². The minimum absolute atomic E-state index is 0.0428. The van der Waals surface area contributed by atoms with Gasteiger partial charge in [0, 0.05) is 32.0 Å². The number of nitrogens with one attached hydrogen (secondary N) is 1. The number of hydrogen-bond donors (Lipinski definition) is 1. The molecule has 4 rings (SSSR count). The summed E-state index contributed by atoms with van der Waals surface area (Å²) in [6, 6.07) is 22.0. The molecule has 1 fully saturated rings. The second-order valence-corrected chi connectivity index (χ2v) is 13.0. The zero-order valence-electron chi connectivity index (χ0n) is 24.3. The lowest BCUT2D eigenvalue weighted by atomic mass is 10.0. The summed E-state index contributed by atoms with van der Waals surface area (Å²) in [5, 5.41) is 3.17. The van der Waals surface area contributed by atoms with E-state index in [1.54, 1.807) is 29.2 Å². The molecule has 2 amide bonds. The molecule has 7 nitrogen and oxygen atoms in total.